The molecule has 0 aliphatic rings. The molecule has 0 bridgehead atoms. The van der Waals surface area contributed by atoms with Crippen LogP contribution >= 0.6 is 15.9 Å². The van der Waals surface area contributed by atoms with Crippen molar-refractivity contribution in [3.05, 3.63) is 82.3 Å². The number of hydrogen-bond acceptors (Lipinski definition) is 2. The summed E-state index contributed by atoms with van der Waals surface area (Å²) in [5, 5.41) is 0. The zero-order chi connectivity index (χ0) is 16.1. The number of rotatable bonds is 4. The molecule has 3 nitrogen and oxygen atoms in total. The Labute approximate surface area is 138 Å². The van der Waals surface area contributed by atoms with Crippen molar-refractivity contribution < 1.29 is 9.59 Å². The summed E-state index contributed by atoms with van der Waals surface area (Å²) in [6.45, 7) is 5.48. The number of nitrogens with zero attached hydrogens (tertiary/aromatic N) is 1. The molecule has 0 aliphatic carbocycles. The molecule has 2 aromatic carbocycles. The van der Waals surface area contributed by atoms with Crippen LogP contribution in [0.15, 0.2) is 71.2 Å². The minimum absolute atomic E-state index is 0.215. The lowest BCUT2D eigenvalue weighted by molar-refractivity contribution is -0.125. The molecule has 0 fully saturated rings. The highest BCUT2D eigenvalue weighted by Crippen LogP contribution is 2.20. The van der Waals surface area contributed by atoms with Crippen LogP contribution in [-0.2, 0) is 11.3 Å². The highest BCUT2D eigenvalue weighted by Gasteiger charge is 2.24. The Hall–Kier alpha value is -2.20. The van der Waals surface area contributed by atoms with Gasteiger partial charge in [0, 0.05) is 10.0 Å². The number of carbonyl (C=O) groups is 2. The summed E-state index contributed by atoms with van der Waals surface area (Å²) in [6, 6.07) is 16.5. The maximum absolute atomic E-state index is 12.7. The van der Waals surface area contributed by atoms with E-state index in [9.17, 15) is 9.59 Å². The fourth-order valence-corrected chi connectivity index (χ4v) is 2.47. The van der Waals surface area contributed by atoms with Gasteiger partial charge in [0.1, 0.15) is 0 Å². The quantitative estimate of drug-likeness (QED) is 0.769. The average Bonchev–Trinajstić information content (AvgIpc) is 2.52. The monoisotopic (exact) mass is 357 g/mol. The van der Waals surface area contributed by atoms with Gasteiger partial charge in [0.2, 0.25) is 0 Å². The van der Waals surface area contributed by atoms with Gasteiger partial charge in [-0.05, 0) is 40.5 Å². The van der Waals surface area contributed by atoms with Gasteiger partial charge in [-0.3, -0.25) is 14.5 Å². The third-order valence-electron chi connectivity index (χ3n) is 3.14. The molecule has 2 rings (SSSR count). The first-order valence-corrected chi connectivity index (χ1v) is 7.60. The van der Waals surface area contributed by atoms with Crippen molar-refractivity contribution in [2.24, 2.45) is 0 Å². The van der Waals surface area contributed by atoms with E-state index in [1.165, 1.54) is 4.90 Å². The van der Waals surface area contributed by atoms with Crippen molar-refractivity contribution in [3.8, 4) is 0 Å². The highest BCUT2D eigenvalue weighted by atomic mass is 79.9. The largest absolute Gasteiger partial charge is 0.270 e. The van der Waals surface area contributed by atoms with E-state index in [1.807, 2.05) is 36.4 Å². The van der Waals surface area contributed by atoms with E-state index in [-0.39, 0.29) is 18.4 Å². The molecular weight excluding hydrogens is 342 g/mol. The maximum atomic E-state index is 12.7. The van der Waals surface area contributed by atoms with Crippen LogP contribution in [0.25, 0.3) is 0 Å². The first-order valence-electron chi connectivity index (χ1n) is 6.81. The molecule has 0 radical (unpaired) electrons. The second-order valence-electron chi connectivity index (χ2n) is 4.94. The normalized spacial score (nSPS) is 10.1. The molecule has 0 unspecified atom stereocenters. The molecule has 112 valence electrons. The molecule has 0 saturated heterocycles. The van der Waals surface area contributed by atoms with Crippen LogP contribution in [0.5, 0.6) is 0 Å². The third kappa shape index (κ3) is 3.71. The lowest BCUT2D eigenvalue weighted by Crippen LogP contribution is -2.36. The second kappa shape index (κ2) is 7.18. The van der Waals surface area contributed by atoms with Crippen LogP contribution in [-0.4, -0.2) is 16.7 Å². The SMILES string of the molecule is C=C(C)C(=O)N(Cc1ccccc1)C(=O)c1ccccc1Br. The van der Waals surface area contributed by atoms with Crippen molar-refractivity contribution >= 4 is 27.7 Å². The lowest BCUT2D eigenvalue weighted by Gasteiger charge is -2.21. The summed E-state index contributed by atoms with van der Waals surface area (Å²) in [4.78, 5) is 26.3. The van der Waals surface area contributed by atoms with Crippen LogP contribution in [0, 0.1) is 0 Å². The fourth-order valence-electron chi connectivity index (χ4n) is 2.01. The van der Waals surface area contributed by atoms with Gasteiger partial charge in [0.15, 0.2) is 0 Å². The van der Waals surface area contributed by atoms with E-state index >= 15 is 0 Å². The number of benzene rings is 2. The molecule has 0 aromatic heterocycles. The van der Waals surface area contributed by atoms with E-state index in [2.05, 4.69) is 22.5 Å². The first kappa shape index (κ1) is 16.2. The van der Waals surface area contributed by atoms with Crippen LogP contribution in [0.4, 0.5) is 0 Å². The van der Waals surface area contributed by atoms with Gasteiger partial charge in [-0.1, -0.05) is 49.0 Å². The fraction of sp³-hybridized carbons (Fsp3) is 0.111. The molecule has 4 heteroatoms. The molecule has 2 amide bonds. The Morgan fingerprint density at radius 3 is 2.23 bits per heavy atom. The van der Waals surface area contributed by atoms with Gasteiger partial charge in [-0.15, -0.1) is 0 Å². The van der Waals surface area contributed by atoms with Gasteiger partial charge < -0.3 is 0 Å². The van der Waals surface area contributed by atoms with E-state index in [1.54, 1.807) is 25.1 Å². The van der Waals surface area contributed by atoms with E-state index in [0.717, 1.165) is 5.56 Å². The average molecular weight is 358 g/mol. The van der Waals surface area contributed by atoms with Crippen molar-refractivity contribution in [2.75, 3.05) is 0 Å². The number of amides is 2. The van der Waals surface area contributed by atoms with E-state index in [0.29, 0.717) is 15.6 Å². The molecule has 0 spiro atoms. The van der Waals surface area contributed by atoms with Crippen LogP contribution in [0.3, 0.4) is 0 Å². The minimum Gasteiger partial charge on any atom is -0.270 e. The Bertz CT molecular complexity index is 710. The Kier molecular flexibility index (Phi) is 5.28. The summed E-state index contributed by atoms with van der Waals surface area (Å²) in [5.41, 5.74) is 1.67. The van der Waals surface area contributed by atoms with Crippen molar-refractivity contribution in [2.45, 2.75) is 13.5 Å². The molecule has 22 heavy (non-hydrogen) atoms. The Morgan fingerprint density at radius 1 is 1.05 bits per heavy atom. The standard InChI is InChI=1S/C18H16BrNO2/c1-13(2)17(21)20(12-14-8-4-3-5-9-14)18(22)15-10-6-7-11-16(15)19/h3-11H,1,12H2,2H3. The summed E-state index contributed by atoms with van der Waals surface area (Å²) >= 11 is 3.36. The predicted octanol–water partition coefficient (Wildman–Crippen LogP) is 4.19. The van der Waals surface area contributed by atoms with Crippen molar-refractivity contribution in [3.63, 3.8) is 0 Å². The molecule has 0 atom stereocenters. The number of hydrogen-bond donors (Lipinski definition) is 0. The van der Waals surface area contributed by atoms with Gasteiger partial charge in [-0.25, -0.2) is 0 Å². The molecular formula is C18H16BrNO2. The molecule has 2 aromatic rings. The van der Waals surface area contributed by atoms with Gasteiger partial charge >= 0.3 is 0 Å². The van der Waals surface area contributed by atoms with Crippen molar-refractivity contribution in [1.82, 2.24) is 4.90 Å². The van der Waals surface area contributed by atoms with Gasteiger partial charge in [0.25, 0.3) is 11.8 Å². The molecule has 0 N–H and O–H groups in total. The number of imide groups is 1. The smallest absolute Gasteiger partial charge is 0.262 e. The second-order valence-corrected chi connectivity index (χ2v) is 5.80. The van der Waals surface area contributed by atoms with E-state index < -0.39 is 0 Å². The van der Waals surface area contributed by atoms with Crippen LogP contribution < -0.4 is 0 Å². The zero-order valence-electron chi connectivity index (χ0n) is 12.3. The van der Waals surface area contributed by atoms with Crippen molar-refractivity contribution in [1.29, 1.82) is 0 Å². The van der Waals surface area contributed by atoms with Gasteiger partial charge in [0.05, 0.1) is 12.1 Å². The van der Waals surface area contributed by atoms with Gasteiger partial charge in [-0.2, -0.15) is 0 Å². The number of halogens is 1. The topological polar surface area (TPSA) is 37.4 Å². The zero-order valence-corrected chi connectivity index (χ0v) is 13.8. The Balaban J connectivity index is 2.36. The molecule has 0 heterocycles. The maximum Gasteiger partial charge on any atom is 0.262 e. The highest BCUT2D eigenvalue weighted by molar-refractivity contribution is 9.10. The summed E-state index contributed by atoms with van der Waals surface area (Å²) in [6.07, 6.45) is 0. The van der Waals surface area contributed by atoms with E-state index in [4.69, 9.17) is 0 Å². The number of carbonyl (C=O) groups excluding carboxylic acids is 2. The molecule has 0 saturated carbocycles. The summed E-state index contributed by atoms with van der Waals surface area (Å²) in [5.74, 6) is -0.714. The predicted molar refractivity (Wildman–Crippen MR) is 90.3 cm³/mol. The lowest BCUT2D eigenvalue weighted by atomic mass is 10.1. The summed E-state index contributed by atoms with van der Waals surface area (Å²) < 4.78 is 0.660. The Morgan fingerprint density at radius 2 is 1.64 bits per heavy atom. The van der Waals surface area contributed by atoms with Crippen LogP contribution in [0.1, 0.15) is 22.8 Å². The third-order valence-corrected chi connectivity index (χ3v) is 3.83. The van der Waals surface area contributed by atoms with Crippen LogP contribution in [0.2, 0.25) is 0 Å². The minimum atomic E-state index is -0.371. The first-order chi connectivity index (χ1) is 10.5. The molecule has 0 aliphatic heterocycles. The summed E-state index contributed by atoms with van der Waals surface area (Å²) in [7, 11) is 0.